The molecule has 0 spiro atoms. The molecular formula is C15H26N2O2. The van der Waals surface area contributed by atoms with Gasteiger partial charge in [0, 0.05) is 6.54 Å². The van der Waals surface area contributed by atoms with E-state index in [-0.39, 0.29) is 23.8 Å². The minimum absolute atomic E-state index is 0.0115. The molecule has 1 saturated carbocycles. The van der Waals surface area contributed by atoms with Crippen LogP contribution in [0, 0.1) is 17.8 Å². The monoisotopic (exact) mass is 266 g/mol. The fourth-order valence-corrected chi connectivity index (χ4v) is 3.05. The van der Waals surface area contributed by atoms with Crippen molar-refractivity contribution < 1.29 is 9.59 Å². The van der Waals surface area contributed by atoms with Crippen LogP contribution in [-0.2, 0) is 9.59 Å². The number of hydrogen-bond donors (Lipinski definition) is 1. The van der Waals surface area contributed by atoms with Crippen LogP contribution in [-0.4, -0.2) is 34.8 Å². The van der Waals surface area contributed by atoms with Crippen molar-refractivity contribution >= 4 is 11.8 Å². The second-order valence-corrected chi connectivity index (χ2v) is 7.08. The van der Waals surface area contributed by atoms with Gasteiger partial charge in [0.25, 0.3) is 0 Å². The zero-order chi connectivity index (χ0) is 14.4. The number of carbonyl (C=O) groups is 2. The molecule has 2 fully saturated rings. The Hall–Kier alpha value is -1.06. The van der Waals surface area contributed by atoms with Crippen molar-refractivity contribution in [3.63, 3.8) is 0 Å². The predicted octanol–water partition coefficient (Wildman–Crippen LogP) is 1.79. The normalized spacial score (nSPS) is 28.5. The largest absolute Gasteiger partial charge is 0.340 e. The van der Waals surface area contributed by atoms with Crippen LogP contribution in [0.4, 0.5) is 0 Å². The fourth-order valence-electron chi connectivity index (χ4n) is 3.05. The van der Waals surface area contributed by atoms with E-state index < -0.39 is 5.54 Å². The number of amides is 2. The van der Waals surface area contributed by atoms with Gasteiger partial charge in [0.1, 0.15) is 11.6 Å². The molecule has 0 aromatic rings. The molecule has 2 rings (SSSR count). The van der Waals surface area contributed by atoms with Gasteiger partial charge in [0.2, 0.25) is 11.8 Å². The van der Waals surface area contributed by atoms with Crippen molar-refractivity contribution in [2.75, 3.05) is 6.54 Å². The summed E-state index contributed by atoms with van der Waals surface area (Å²) in [5.41, 5.74) is -0.772. The number of carbonyl (C=O) groups excluding carboxylic acids is 2. The molecule has 0 radical (unpaired) electrons. The number of nitrogens with zero attached hydrogens (tertiary/aromatic N) is 1. The second kappa shape index (κ2) is 4.80. The van der Waals surface area contributed by atoms with E-state index in [1.54, 1.807) is 13.8 Å². The zero-order valence-corrected chi connectivity index (χ0v) is 12.7. The Morgan fingerprint density at radius 1 is 1.26 bits per heavy atom. The lowest BCUT2D eigenvalue weighted by molar-refractivity contribution is -0.156. The van der Waals surface area contributed by atoms with Crippen LogP contribution in [0.1, 0.15) is 47.5 Å². The molecule has 2 unspecified atom stereocenters. The van der Waals surface area contributed by atoms with E-state index in [4.69, 9.17) is 0 Å². The lowest BCUT2D eigenvalue weighted by Gasteiger charge is -2.45. The Kier molecular flexibility index (Phi) is 3.63. The molecule has 1 aliphatic heterocycles. The molecule has 4 nitrogen and oxygen atoms in total. The molecule has 2 aliphatic rings. The first kappa shape index (κ1) is 14.4. The van der Waals surface area contributed by atoms with Gasteiger partial charge in [-0.15, -0.1) is 0 Å². The summed E-state index contributed by atoms with van der Waals surface area (Å²) < 4.78 is 0. The van der Waals surface area contributed by atoms with E-state index in [2.05, 4.69) is 12.2 Å². The van der Waals surface area contributed by atoms with Gasteiger partial charge in [-0.1, -0.05) is 20.8 Å². The average Bonchev–Trinajstić information content (AvgIpc) is 3.07. The highest BCUT2D eigenvalue weighted by molar-refractivity contribution is 5.99. The first-order valence-corrected chi connectivity index (χ1v) is 7.37. The average molecular weight is 266 g/mol. The van der Waals surface area contributed by atoms with Crippen LogP contribution in [0.25, 0.3) is 0 Å². The topological polar surface area (TPSA) is 49.4 Å². The van der Waals surface area contributed by atoms with Crippen LogP contribution in [0.3, 0.4) is 0 Å². The van der Waals surface area contributed by atoms with Gasteiger partial charge < -0.3 is 10.2 Å². The van der Waals surface area contributed by atoms with Crippen molar-refractivity contribution in [1.29, 1.82) is 0 Å². The summed E-state index contributed by atoms with van der Waals surface area (Å²) in [6.07, 6.45) is 2.54. The van der Waals surface area contributed by atoms with Crippen LogP contribution in [0.5, 0.6) is 0 Å². The molecule has 2 amide bonds. The maximum Gasteiger partial charge on any atom is 0.248 e. The molecule has 0 bridgehead atoms. The SMILES string of the molecule is CC(C)C1C(=O)NC(C)(C)C(=O)N1CC(C)C1CC1. The summed E-state index contributed by atoms with van der Waals surface area (Å²) in [7, 11) is 0. The Morgan fingerprint density at radius 2 is 1.84 bits per heavy atom. The molecular weight excluding hydrogens is 240 g/mol. The summed E-state index contributed by atoms with van der Waals surface area (Å²) in [6, 6.07) is -0.318. The summed E-state index contributed by atoms with van der Waals surface area (Å²) in [5, 5.41) is 2.85. The minimum atomic E-state index is -0.772. The number of nitrogens with one attached hydrogen (secondary N) is 1. The van der Waals surface area contributed by atoms with Gasteiger partial charge >= 0.3 is 0 Å². The van der Waals surface area contributed by atoms with Gasteiger partial charge in [0.15, 0.2) is 0 Å². The third kappa shape index (κ3) is 2.77. The number of hydrogen-bond acceptors (Lipinski definition) is 2. The lowest BCUT2D eigenvalue weighted by Crippen LogP contribution is -2.69. The molecule has 2 atom stereocenters. The Bertz CT molecular complexity index is 386. The van der Waals surface area contributed by atoms with Gasteiger partial charge in [-0.2, -0.15) is 0 Å². The van der Waals surface area contributed by atoms with Crippen LogP contribution in [0.15, 0.2) is 0 Å². The summed E-state index contributed by atoms with van der Waals surface area (Å²) >= 11 is 0. The predicted molar refractivity (Wildman–Crippen MR) is 74.4 cm³/mol. The maximum absolute atomic E-state index is 12.6. The highest BCUT2D eigenvalue weighted by atomic mass is 16.2. The first-order valence-electron chi connectivity index (χ1n) is 7.37. The fraction of sp³-hybridized carbons (Fsp3) is 0.867. The van der Waals surface area contributed by atoms with E-state index in [0.29, 0.717) is 12.5 Å². The third-order valence-corrected chi connectivity index (χ3v) is 4.38. The van der Waals surface area contributed by atoms with Gasteiger partial charge in [-0.25, -0.2) is 0 Å². The van der Waals surface area contributed by atoms with E-state index in [1.807, 2.05) is 18.7 Å². The molecule has 1 aliphatic carbocycles. The van der Waals surface area contributed by atoms with Crippen molar-refractivity contribution in [1.82, 2.24) is 10.2 Å². The Balaban J connectivity index is 2.20. The number of piperazine rings is 1. The molecule has 4 heteroatoms. The standard InChI is InChI=1S/C15H26N2O2/c1-9(2)12-13(18)16-15(4,5)14(19)17(12)8-10(3)11-6-7-11/h9-12H,6-8H2,1-5H3,(H,16,18). The second-order valence-electron chi connectivity index (χ2n) is 7.08. The van der Waals surface area contributed by atoms with E-state index in [9.17, 15) is 9.59 Å². The summed E-state index contributed by atoms with van der Waals surface area (Å²) in [4.78, 5) is 26.7. The van der Waals surface area contributed by atoms with Crippen LogP contribution in [0.2, 0.25) is 0 Å². The molecule has 1 saturated heterocycles. The molecule has 1 N–H and O–H groups in total. The van der Waals surface area contributed by atoms with Crippen molar-refractivity contribution in [2.45, 2.75) is 59.0 Å². The van der Waals surface area contributed by atoms with Gasteiger partial charge in [-0.3, -0.25) is 9.59 Å². The molecule has 1 heterocycles. The quantitative estimate of drug-likeness (QED) is 0.843. The highest BCUT2D eigenvalue weighted by Gasteiger charge is 2.47. The van der Waals surface area contributed by atoms with Gasteiger partial charge in [0.05, 0.1) is 0 Å². The third-order valence-electron chi connectivity index (χ3n) is 4.38. The van der Waals surface area contributed by atoms with Crippen molar-refractivity contribution in [3.8, 4) is 0 Å². The van der Waals surface area contributed by atoms with Crippen molar-refractivity contribution in [3.05, 3.63) is 0 Å². The molecule has 19 heavy (non-hydrogen) atoms. The maximum atomic E-state index is 12.6. The summed E-state index contributed by atoms with van der Waals surface area (Å²) in [6.45, 7) is 10.5. The van der Waals surface area contributed by atoms with E-state index in [1.165, 1.54) is 12.8 Å². The Labute approximate surface area is 115 Å². The van der Waals surface area contributed by atoms with Crippen LogP contribution >= 0.6 is 0 Å². The smallest absolute Gasteiger partial charge is 0.248 e. The van der Waals surface area contributed by atoms with E-state index in [0.717, 1.165) is 5.92 Å². The number of rotatable bonds is 4. The van der Waals surface area contributed by atoms with Crippen LogP contribution < -0.4 is 5.32 Å². The highest BCUT2D eigenvalue weighted by Crippen LogP contribution is 2.38. The lowest BCUT2D eigenvalue weighted by atomic mass is 9.90. The molecule has 0 aromatic heterocycles. The van der Waals surface area contributed by atoms with Crippen molar-refractivity contribution in [2.24, 2.45) is 17.8 Å². The van der Waals surface area contributed by atoms with E-state index >= 15 is 0 Å². The first-order chi connectivity index (χ1) is 8.74. The molecule has 0 aromatic carbocycles. The van der Waals surface area contributed by atoms with Gasteiger partial charge in [-0.05, 0) is 44.4 Å². The Morgan fingerprint density at radius 3 is 2.32 bits per heavy atom. The zero-order valence-electron chi connectivity index (χ0n) is 12.7. The molecule has 108 valence electrons. The minimum Gasteiger partial charge on any atom is -0.340 e. The summed E-state index contributed by atoms with van der Waals surface area (Å²) in [5.74, 6) is 1.42.